The van der Waals surface area contributed by atoms with Crippen molar-refractivity contribution in [3.8, 4) is 0 Å². The average Bonchev–Trinajstić information content (AvgIpc) is 1.91. The molecule has 2 N–H and O–H groups in total. The van der Waals surface area contributed by atoms with Crippen LogP contribution in [0.25, 0.3) is 0 Å². The Morgan fingerprint density at radius 3 is 2.20 bits per heavy atom. The molecule has 0 aromatic rings. The molecule has 0 aliphatic heterocycles. The lowest BCUT2D eigenvalue weighted by molar-refractivity contribution is -0.138. The van der Waals surface area contributed by atoms with Crippen LogP contribution in [-0.4, -0.2) is 40.8 Å². The minimum absolute atomic E-state index is 0.429. The number of carbonyl (C=O) groups excluding carboxylic acids is 2. The molecule has 0 bridgehead atoms. The Labute approximate surface area is 57.9 Å². The number of carbonyl (C=O) groups is 1. The fourth-order valence-corrected chi connectivity index (χ4v) is 0.376. The van der Waals surface area contributed by atoms with Gasteiger partial charge in [-0.15, -0.1) is 0 Å². The van der Waals surface area contributed by atoms with Gasteiger partial charge in [-0.1, -0.05) is 0 Å². The van der Waals surface area contributed by atoms with Crippen LogP contribution in [0.2, 0.25) is 0 Å². The van der Waals surface area contributed by atoms with E-state index in [9.17, 15) is 9.59 Å². The average molecular weight is 146 g/mol. The van der Waals surface area contributed by atoms with E-state index in [1.165, 1.54) is 6.29 Å². The highest BCUT2D eigenvalue weighted by molar-refractivity contribution is 5.88. The zero-order chi connectivity index (χ0) is 7.98. The predicted molar refractivity (Wildman–Crippen MR) is 31.3 cm³/mol. The summed E-state index contributed by atoms with van der Waals surface area (Å²) in [4.78, 5) is 20.9. The van der Waals surface area contributed by atoms with Crippen molar-refractivity contribution >= 4 is 12.2 Å². The van der Waals surface area contributed by atoms with Crippen LogP contribution in [0.5, 0.6) is 0 Å². The van der Waals surface area contributed by atoms with Crippen molar-refractivity contribution < 1.29 is 19.8 Å². The van der Waals surface area contributed by atoms with Crippen molar-refractivity contribution in [1.29, 1.82) is 0 Å². The highest BCUT2D eigenvalue weighted by Gasteiger charge is 2.09. The highest BCUT2D eigenvalue weighted by Crippen LogP contribution is 1.87. The van der Waals surface area contributed by atoms with Gasteiger partial charge in [0.05, 0.1) is 6.42 Å². The molecule has 5 heteroatoms. The van der Waals surface area contributed by atoms with Gasteiger partial charge >= 0.3 is 0 Å². The van der Waals surface area contributed by atoms with Crippen LogP contribution in [0.3, 0.4) is 0 Å². The van der Waals surface area contributed by atoms with Gasteiger partial charge in [0.1, 0.15) is 13.5 Å². The summed E-state index contributed by atoms with van der Waals surface area (Å²) in [5, 5.41) is 16.7. The van der Waals surface area contributed by atoms with E-state index in [2.05, 4.69) is 0 Å². The number of hydrogen-bond donors (Lipinski definition) is 2. The van der Waals surface area contributed by atoms with Crippen molar-refractivity contribution in [3.63, 3.8) is 0 Å². The van der Waals surface area contributed by atoms with E-state index in [1.54, 1.807) is 0 Å². The van der Waals surface area contributed by atoms with E-state index in [-0.39, 0.29) is 0 Å². The van der Waals surface area contributed by atoms with Crippen LogP contribution >= 0.6 is 0 Å². The Bertz CT molecular complexity index is 121. The number of hydrogen-bond acceptors (Lipinski definition) is 4. The molecule has 0 aromatic heterocycles. The van der Waals surface area contributed by atoms with Crippen molar-refractivity contribution in [1.82, 2.24) is 4.90 Å². The molecule has 0 atom stereocenters. The van der Waals surface area contributed by atoms with E-state index in [0.717, 1.165) is 0 Å². The van der Waals surface area contributed by atoms with Crippen molar-refractivity contribution in [2.45, 2.75) is 6.42 Å². The summed E-state index contributed by atoms with van der Waals surface area (Å²) in [5.74, 6) is -0.639. The maximum Gasteiger partial charge on any atom is 0.234 e. The number of rotatable bonds is 4. The quantitative estimate of drug-likeness (QED) is 0.363. The molecule has 10 heavy (non-hydrogen) atoms. The normalized spacial score (nSPS) is 9.00. The van der Waals surface area contributed by atoms with E-state index in [1.807, 2.05) is 0 Å². The lowest BCUT2D eigenvalue weighted by atomic mass is 10.4. The zero-order valence-electron chi connectivity index (χ0n) is 5.28. The first-order valence-electron chi connectivity index (χ1n) is 2.60. The molecule has 0 unspecified atom stereocenters. The van der Waals surface area contributed by atoms with Gasteiger partial charge in [0.2, 0.25) is 12.2 Å². The smallest absolute Gasteiger partial charge is 0.234 e. The molecule has 0 aliphatic rings. The van der Waals surface area contributed by atoms with Crippen LogP contribution in [0.1, 0.15) is 6.42 Å². The minimum atomic E-state index is -0.639. The fourth-order valence-electron chi connectivity index (χ4n) is 0.376. The van der Waals surface area contributed by atoms with Crippen molar-refractivity contribution in [2.75, 3.05) is 13.5 Å². The van der Waals surface area contributed by atoms with Gasteiger partial charge in [0.15, 0.2) is 0 Å². The predicted octanol–water partition coefficient (Wildman–Crippen LogP) is -1.79. The first-order valence-corrected chi connectivity index (χ1v) is 2.60. The van der Waals surface area contributed by atoms with Crippen molar-refractivity contribution in [2.24, 2.45) is 0 Å². The second-order valence-electron chi connectivity index (χ2n) is 1.54. The first-order chi connectivity index (χ1) is 4.76. The standard InChI is InChI=1S/C5H8NO4/c7-2-1-5(10)6(3-8)4-9/h8-9H,1,3-4H2. The van der Waals surface area contributed by atoms with Crippen LogP contribution < -0.4 is 0 Å². The van der Waals surface area contributed by atoms with Crippen LogP contribution in [-0.2, 0) is 9.59 Å². The largest absolute Gasteiger partial charge is 0.376 e. The summed E-state index contributed by atoms with van der Waals surface area (Å²) in [6.07, 6.45) is 0.924. The molecule has 0 fully saturated rings. The highest BCUT2D eigenvalue weighted by atomic mass is 16.3. The van der Waals surface area contributed by atoms with Crippen LogP contribution in [0.15, 0.2) is 0 Å². The molecule has 0 aliphatic carbocycles. The summed E-state index contributed by atoms with van der Waals surface area (Å²) in [6, 6.07) is 0. The molecule has 0 aromatic carbocycles. The number of amides is 1. The topological polar surface area (TPSA) is 77.8 Å². The summed E-state index contributed by atoms with van der Waals surface area (Å²) < 4.78 is 0. The molecule has 57 valence electrons. The third-order valence-corrected chi connectivity index (χ3v) is 0.918. The lowest BCUT2D eigenvalue weighted by Gasteiger charge is -2.13. The Balaban J connectivity index is 3.76. The number of nitrogens with zero attached hydrogens (tertiary/aromatic N) is 1. The van der Waals surface area contributed by atoms with E-state index >= 15 is 0 Å². The summed E-state index contributed by atoms with van der Waals surface area (Å²) in [7, 11) is 0. The van der Waals surface area contributed by atoms with Gasteiger partial charge in [0.25, 0.3) is 0 Å². The molecule has 0 rings (SSSR count). The molecular weight excluding hydrogens is 138 g/mol. The molecule has 0 saturated carbocycles. The molecule has 1 amide bonds. The van der Waals surface area contributed by atoms with E-state index in [0.29, 0.717) is 4.90 Å². The fraction of sp³-hybridized carbons (Fsp3) is 0.600. The summed E-state index contributed by atoms with van der Waals surface area (Å²) in [6.45, 7) is -1.17. The van der Waals surface area contributed by atoms with E-state index < -0.39 is 25.8 Å². The van der Waals surface area contributed by atoms with E-state index in [4.69, 9.17) is 10.2 Å². The Morgan fingerprint density at radius 2 is 1.90 bits per heavy atom. The van der Waals surface area contributed by atoms with Crippen LogP contribution in [0.4, 0.5) is 0 Å². The number of aliphatic hydroxyl groups excluding tert-OH is 2. The van der Waals surface area contributed by atoms with Crippen molar-refractivity contribution in [3.05, 3.63) is 0 Å². The van der Waals surface area contributed by atoms with Crippen LogP contribution in [0, 0.1) is 0 Å². The Hall–Kier alpha value is -0.940. The third-order valence-electron chi connectivity index (χ3n) is 0.918. The minimum Gasteiger partial charge on any atom is -0.376 e. The second-order valence-corrected chi connectivity index (χ2v) is 1.54. The van der Waals surface area contributed by atoms with Gasteiger partial charge < -0.3 is 10.2 Å². The molecule has 0 heterocycles. The van der Waals surface area contributed by atoms with Gasteiger partial charge in [-0.25, -0.2) is 0 Å². The molecule has 0 saturated heterocycles. The molecule has 0 spiro atoms. The Kier molecular flexibility index (Phi) is 4.43. The molecular formula is C5H8NO4. The maximum absolute atomic E-state index is 10.5. The SMILES string of the molecule is O=[C]CC(=O)N(CO)CO. The lowest BCUT2D eigenvalue weighted by Crippen LogP contribution is -2.32. The first kappa shape index (κ1) is 9.06. The Morgan fingerprint density at radius 1 is 1.40 bits per heavy atom. The van der Waals surface area contributed by atoms with Gasteiger partial charge in [0, 0.05) is 0 Å². The summed E-state index contributed by atoms with van der Waals surface area (Å²) >= 11 is 0. The monoisotopic (exact) mass is 146 g/mol. The number of aliphatic hydroxyl groups is 2. The summed E-state index contributed by atoms with van der Waals surface area (Å²) in [5.41, 5.74) is 0. The molecule has 5 nitrogen and oxygen atoms in total. The van der Waals surface area contributed by atoms with Gasteiger partial charge in [-0.05, 0) is 0 Å². The van der Waals surface area contributed by atoms with Gasteiger partial charge in [-0.2, -0.15) is 0 Å². The molecule has 1 radical (unpaired) electrons. The zero-order valence-corrected chi connectivity index (χ0v) is 5.28. The van der Waals surface area contributed by atoms with Gasteiger partial charge in [-0.3, -0.25) is 14.5 Å². The second kappa shape index (κ2) is 4.89. The maximum atomic E-state index is 10.5. The third kappa shape index (κ3) is 2.56.